The molecule has 0 fully saturated rings. The molecule has 2 heteroatoms. The highest BCUT2D eigenvalue weighted by Crippen LogP contribution is 2.44. The second kappa shape index (κ2) is 5.29. The van der Waals surface area contributed by atoms with Crippen molar-refractivity contribution in [3.05, 3.63) is 88.4 Å². The van der Waals surface area contributed by atoms with Crippen molar-refractivity contribution in [2.24, 2.45) is 0 Å². The second-order valence-electron chi connectivity index (χ2n) is 6.17. The number of benzene rings is 3. The molecule has 1 aromatic heterocycles. The Balaban J connectivity index is 1.90. The van der Waals surface area contributed by atoms with Gasteiger partial charge in [0.15, 0.2) is 0 Å². The van der Waals surface area contributed by atoms with Gasteiger partial charge in [0.2, 0.25) is 0 Å². The first kappa shape index (κ1) is 13.9. The summed E-state index contributed by atoms with van der Waals surface area (Å²) in [5.74, 6) is 0. The molecule has 24 heavy (non-hydrogen) atoms. The smallest absolute Gasteiger partial charge is 0.0791 e. The summed E-state index contributed by atoms with van der Waals surface area (Å²) in [5.41, 5.74) is 8.74. The highest BCUT2D eigenvalue weighted by molar-refractivity contribution is 9.10. The molecular weight excluding hydrogens is 358 g/mol. The average molecular weight is 372 g/mol. The fourth-order valence-corrected chi connectivity index (χ4v) is 3.94. The molecule has 4 aromatic rings. The van der Waals surface area contributed by atoms with E-state index in [1.807, 2.05) is 0 Å². The van der Waals surface area contributed by atoms with E-state index in [-0.39, 0.29) is 0 Å². The summed E-state index contributed by atoms with van der Waals surface area (Å²) >= 11 is 3.53. The minimum Gasteiger partial charge on any atom is -0.247 e. The summed E-state index contributed by atoms with van der Waals surface area (Å²) in [5, 5.41) is 1.27. The third-order valence-electron chi connectivity index (χ3n) is 4.77. The minimum absolute atomic E-state index is 0.984. The van der Waals surface area contributed by atoms with E-state index in [9.17, 15) is 0 Å². The minimum atomic E-state index is 0.984. The Morgan fingerprint density at radius 1 is 0.792 bits per heavy atom. The van der Waals surface area contributed by atoms with Crippen LogP contribution in [0.15, 0.2) is 77.3 Å². The van der Waals surface area contributed by atoms with Crippen LogP contribution in [0.5, 0.6) is 0 Å². The number of hydrogen-bond acceptors (Lipinski definition) is 1. The quantitative estimate of drug-likeness (QED) is 0.340. The Hall–Kier alpha value is -2.45. The van der Waals surface area contributed by atoms with Gasteiger partial charge in [-0.15, -0.1) is 0 Å². The number of para-hydroxylation sites is 1. The number of aromatic nitrogens is 1. The van der Waals surface area contributed by atoms with Crippen LogP contribution in [0.4, 0.5) is 0 Å². The lowest BCUT2D eigenvalue weighted by Gasteiger charge is -2.12. The number of fused-ring (bicyclic) bond motifs is 5. The number of pyridine rings is 1. The van der Waals surface area contributed by atoms with Crippen LogP contribution in [0.2, 0.25) is 0 Å². The van der Waals surface area contributed by atoms with Crippen LogP contribution in [-0.2, 0) is 6.42 Å². The maximum Gasteiger partial charge on any atom is 0.0791 e. The Labute approximate surface area is 149 Å². The zero-order chi connectivity index (χ0) is 16.1. The summed E-state index contributed by atoms with van der Waals surface area (Å²) in [6, 6.07) is 25.6. The summed E-state index contributed by atoms with van der Waals surface area (Å²) < 4.78 is 1.09. The molecule has 0 saturated heterocycles. The largest absolute Gasteiger partial charge is 0.247 e. The van der Waals surface area contributed by atoms with E-state index in [0.717, 1.165) is 27.7 Å². The molecule has 0 bridgehead atoms. The predicted octanol–water partition coefficient (Wildman–Crippen LogP) is 6.24. The Morgan fingerprint density at radius 3 is 2.42 bits per heavy atom. The molecule has 0 spiro atoms. The molecule has 0 unspecified atom stereocenters. The summed E-state index contributed by atoms with van der Waals surface area (Å²) in [6.45, 7) is 0. The Bertz CT molecular complexity index is 1080. The average Bonchev–Trinajstić information content (AvgIpc) is 3.02. The van der Waals surface area contributed by atoms with Gasteiger partial charge in [-0.05, 0) is 41.3 Å². The van der Waals surface area contributed by atoms with E-state index in [2.05, 4.69) is 88.7 Å². The fourth-order valence-electron chi connectivity index (χ4n) is 3.68. The number of rotatable bonds is 1. The molecule has 114 valence electrons. The summed E-state index contributed by atoms with van der Waals surface area (Å²) in [4.78, 5) is 5.03. The van der Waals surface area contributed by atoms with Gasteiger partial charge in [0.05, 0.1) is 11.2 Å². The molecule has 0 amide bonds. The van der Waals surface area contributed by atoms with Gasteiger partial charge in [0.1, 0.15) is 0 Å². The van der Waals surface area contributed by atoms with E-state index in [0.29, 0.717) is 0 Å². The maximum absolute atomic E-state index is 5.03. The molecule has 1 aliphatic rings. The Kier molecular flexibility index (Phi) is 3.07. The van der Waals surface area contributed by atoms with Gasteiger partial charge < -0.3 is 0 Å². The van der Waals surface area contributed by atoms with Crippen molar-refractivity contribution < 1.29 is 0 Å². The first-order valence-corrected chi connectivity index (χ1v) is 8.86. The standard InChI is InChI=1S/C22H14BrN/c23-16-11-9-14(10-12-16)22-21-17-6-2-1-5-15(17)13-19(21)18-7-3-4-8-20(18)24-22/h1-12H,13H2. The van der Waals surface area contributed by atoms with Crippen molar-refractivity contribution in [1.82, 2.24) is 4.98 Å². The lowest BCUT2D eigenvalue weighted by Crippen LogP contribution is -1.93. The van der Waals surface area contributed by atoms with E-state index in [1.54, 1.807) is 0 Å². The molecule has 1 heterocycles. The highest BCUT2D eigenvalue weighted by atomic mass is 79.9. The Morgan fingerprint density at radius 2 is 1.54 bits per heavy atom. The van der Waals surface area contributed by atoms with Crippen molar-refractivity contribution in [2.45, 2.75) is 6.42 Å². The number of hydrogen-bond donors (Lipinski definition) is 0. The highest BCUT2D eigenvalue weighted by Gasteiger charge is 2.25. The topological polar surface area (TPSA) is 12.9 Å². The van der Waals surface area contributed by atoms with E-state index < -0.39 is 0 Å². The van der Waals surface area contributed by atoms with Crippen LogP contribution in [0.25, 0.3) is 33.3 Å². The van der Waals surface area contributed by atoms with Gasteiger partial charge in [-0.3, -0.25) is 0 Å². The van der Waals surface area contributed by atoms with E-state index >= 15 is 0 Å². The first-order chi connectivity index (χ1) is 11.8. The number of halogens is 1. The fraction of sp³-hybridized carbons (Fsp3) is 0.0455. The first-order valence-electron chi connectivity index (χ1n) is 8.07. The SMILES string of the molecule is Brc1ccc(-c2nc3ccccc3c3c2-c2ccccc2C3)cc1. The van der Waals surface area contributed by atoms with Crippen molar-refractivity contribution >= 4 is 26.8 Å². The van der Waals surface area contributed by atoms with Crippen molar-refractivity contribution in [3.63, 3.8) is 0 Å². The second-order valence-corrected chi connectivity index (χ2v) is 7.09. The molecule has 5 rings (SSSR count). The van der Waals surface area contributed by atoms with Crippen molar-refractivity contribution in [1.29, 1.82) is 0 Å². The lowest BCUT2D eigenvalue weighted by atomic mass is 9.96. The van der Waals surface area contributed by atoms with Crippen molar-refractivity contribution in [2.75, 3.05) is 0 Å². The van der Waals surface area contributed by atoms with E-state index in [1.165, 1.54) is 27.6 Å². The zero-order valence-electron chi connectivity index (χ0n) is 13.0. The van der Waals surface area contributed by atoms with Gasteiger partial charge in [-0.2, -0.15) is 0 Å². The molecule has 0 saturated carbocycles. The van der Waals surface area contributed by atoms with Crippen LogP contribution in [-0.4, -0.2) is 4.98 Å². The lowest BCUT2D eigenvalue weighted by molar-refractivity contribution is 1.27. The van der Waals surface area contributed by atoms with Gasteiger partial charge in [-0.1, -0.05) is 70.5 Å². The van der Waals surface area contributed by atoms with Crippen LogP contribution in [0, 0.1) is 0 Å². The molecule has 0 N–H and O–H groups in total. The molecule has 0 radical (unpaired) electrons. The predicted molar refractivity (Wildman–Crippen MR) is 103 cm³/mol. The molecule has 0 aliphatic heterocycles. The van der Waals surface area contributed by atoms with Crippen LogP contribution >= 0.6 is 15.9 Å². The molecule has 1 nitrogen and oxygen atoms in total. The molecular formula is C22H14BrN. The van der Waals surface area contributed by atoms with Gasteiger partial charge in [0.25, 0.3) is 0 Å². The summed E-state index contributed by atoms with van der Waals surface area (Å²) in [6.07, 6.45) is 0.984. The molecule has 1 aliphatic carbocycles. The van der Waals surface area contributed by atoms with E-state index in [4.69, 9.17) is 4.98 Å². The third kappa shape index (κ3) is 2.03. The van der Waals surface area contributed by atoms with Crippen LogP contribution in [0.1, 0.15) is 11.1 Å². The molecule has 0 atom stereocenters. The maximum atomic E-state index is 5.03. The van der Waals surface area contributed by atoms with Gasteiger partial charge >= 0.3 is 0 Å². The monoisotopic (exact) mass is 371 g/mol. The van der Waals surface area contributed by atoms with Gasteiger partial charge in [0, 0.05) is 21.0 Å². The van der Waals surface area contributed by atoms with Crippen LogP contribution < -0.4 is 0 Å². The van der Waals surface area contributed by atoms with Gasteiger partial charge in [-0.25, -0.2) is 4.98 Å². The zero-order valence-corrected chi connectivity index (χ0v) is 14.5. The van der Waals surface area contributed by atoms with Crippen LogP contribution in [0.3, 0.4) is 0 Å². The molecule has 3 aromatic carbocycles. The van der Waals surface area contributed by atoms with Crippen molar-refractivity contribution in [3.8, 4) is 22.4 Å². The third-order valence-corrected chi connectivity index (χ3v) is 5.30. The number of nitrogens with zero attached hydrogens (tertiary/aromatic N) is 1. The summed E-state index contributed by atoms with van der Waals surface area (Å²) in [7, 11) is 0. The normalized spacial score (nSPS) is 12.2.